The lowest BCUT2D eigenvalue weighted by Gasteiger charge is -2.35. The van der Waals surface area contributed by atoms with Crippen LogP contribution in [0, 0.1) is 5.92 Å². The van der Waals surface area contributed by atoms with E-state index in [2.05, 4.69) is 18.7 Å². The first-order valence-corrected chi connectivity index (χ1v) is 6.56. The highest BCUT2D eigenvalue weighted by molar-refractivity contribution is 5.81. The molecule has 5 heteroatoms. The van der Waals surface area contributed by atoms with Crippen LogP contribution in [0.1, 0.15) is 26.7 Å². The third-order valence-electron chi connectivity index (χ3n) is 3.65. The Morgan fingerprint density at radius 1 is 1.44 bits per heavy atom. The van der Waals surface area contributed by atoms with Crippen LogP contribution in [0.15, 0.2) is 0 Å². The quantitative estimate of drug-likeness (QED) is 0.647. The molecule has 0 saturated heterocycles. The zero-order valence-corrected chi connectivity index (χ0v) is 11.9. The van der Waals surface area contributed by atoms with Crippen LogP contribution in [0.4, 0.5) is 0 Å². The summed E-state index contributed by atoms with van der Waals surface area (Å²) in [6.45, 7) is 6.14. The first-order chi connectivity index (χ1) is 8.45. The topological polar surface area (TPSA) is 64.8 Å². The minimum atomic E-state index is -0.868. The fourth-order valence-electron chi connectivity index (χ4n) is 2.21. The molecule has 0 heterocycles. The molecule has 1 rings (SSSR count). The molecule has 1 saturated carbocycles. The zero-order valence-electron chi connectivity index (χ0n) is 11.9. The van der Waals surface area contributed by atoms with E-state index >= 15 is 0 Å². The van der Waals surface area contributed by atoms with Crippen LogP contribution >= 0.6 is 0 Å². The van der Waals surface area contributed by atoms with Gasteiger partial charge in [0, 0.05) is 26.2 Å². The fourth-order valence-corrected chi connectivity index (χ4v) is 2.21. The van der Waals surface area contributed by atoms with Crippen molar-refractivity contribution in [2.24, 2.45) is 11.7 Å². The highest BCUT2D eigenvalue weighted by Crippen LogP contribution is 2.39. The molecule has 5 nitrogen and oxygen atoms in total. The average Bonchev–Trinajstić information content (AvgIpc) is 3.17. The molecule has 1 aliphatic rings. The molecule has 0 aromatic carbocycles. The van der Waals surface area contributed by atoms with E-state index < -0.39 is 5.54 Å². The smallest absolute Gasteiger partial charge is 0.327 e. The van der Waals surface area contributed by atoms with E-state index in [1.165, 1.54) is 7.11 Å². The standard InChI is InChI=1S/C13H26N2O3/c1-10(2)15(7-8-17-3)9-13(14,11-5-6-11)12(16)18-4/h10-11H,5-9,14H2,1-4H3. The number of nitrogens with two attached hydrogens (primary N) is 1. The molecule has 1 unspecified atom stereocenters. The third-order valence-corrected chi connectivity index (χ3v) is 3.65. The van der Waals surface area contributed by atoms with E-state index in [9.17, 15) is 4.79 Å². The number of carbonyl (C=O) groups excluding carboxylic acids is 1. The van der Waals surface area contributed by atoms with Gasteiger partial charge < -0.3 is 15.2 Å². The SMILES string of the molecule is COCCN(CC(N)(C(=O)OC)C1CC1)C(C)C. The van der Waals surface area contributed by atoms with E-state index in [0.29, 0.717) is 19.2 Å². The summed E-state index contributed by atoms with van der Waals surface area (Å²) < 4.78 is 9.98. The van der Waals surface area contributed by atoms with Crippen molar-refractivity contribution < 1.29 is 14.3 Å². The summed E-state index contributed by atoms with van der Waals surface area (Å²) in [6.07, 6.45) is 2.03. The Kier molecular flexibility index (Phi) is 5.56. The van der Waals surface area contributed by atoms with Gasteiger partial charge in [-0.1, -0.05) is 0 Å². The van der Waals surface area contributed by atoms with Gasteiger partial charge >= 0.3 is 5.97 Å². The minimum absolute atomic E-state index is 0.258. The van der Waals surface area contributed by atoms with Gasteiger partial charge in [0.05, 0.1) is 13.7 Å². The van der Waals surface area contributed by atoms with Crippen LogP contribution in [-0.2, 0) is 14.3 Å². The van der Waals surface area contributed by atoms with E-state index in [-0.39, 0.29) is 11.9 Å². The van der Waals surface area contributed by atoms with Crippen LogP contribution in [-0.4, -0.2) is 56.4 Å². The Morgan fingerprint density at radius 2 is 2.06 bits per heavy atom. The Bertz CT molecular complexity index is 279. The summed E-state index contributed by atoms with van der Waals surface area (Å²) in [5.41, 5.74) is 5.44. The summed E-state index contributed by atoms with van der Waals surface area (Å²) in [5.74, 6) is -0.0400. The van der Waals surface area contributed by atoms with Gasteiger partial charge in [0.2, 0.25) is 0 Å². The van der Waals surface area contributed by atoms with Crippen LogP contribution in [0.2, 0.25) is 0 Å². The molecule has 0 radical (unpaired) electrons. The summed E-state index contributed by atoms with van der Waals surface area (Å²) in [6, 6.07) is 0.325. The summed E-state index contributed by atoms with van der Waals surface area (Å²) in [5, 5.41) is 0. The molecule has 0 aliphatic heterocycles. The Balaban J connectivity index is 2.70. The molecule has 1 atom stereocenters. The van der Waals surface area contributed by atoms with Crippen molar-refractivity contribution in [1.29, 1.82) is 0 Å². The van der Waals surface area contributed by atoms with Crippen molar-refractivity contribution in [2.75, 3.05) is 33.9 Å². The molecule has 1 aliphatic carbocycles. The number of esters is 1. The van der Waals surface area contributed by atoms with Crippen molar-refractivity contribution in [1.82, 2.24) is 4.90 Å². The molecule has 0 aromatic heterocycles. The number of ether oxygens (including phenoxy) is 2. The van der Waals surface area contributed by atoms with E-state index in [4.69, 9.17) is 15.2 Å². The lowest BCUT2D eigenvalue weighted by molar-refractivity contribution is -0.149. The molecule has 18 heavy (non-hydrogen) atoms. The molecular formula is C13H26N2O3. The molecule has 0 spiro atoms. The second-order valence-electron chi connectivity index (χ2n) is 5.36. The molecule has 106 valence electrons. The van der Waals surface area contributed by atoms with Crippen LogP contribution in [0.25, 0.3) is 0 Å². The second-order valence-corrected chi connectivity index (χ2v) is 5.36. The molecule has 2 N–H and O–H groups in total. The molecule has 0 aromatic rings. The van der Waals surface area contributed by atoms with Crippen molar-refractivity contribution >= 4 is 5.97 Å². The highest BCUT2D eigenvalue weighted by Gasteiger charge is 2.50. The maximum Gasteiger partial charge on any atom is 0.327 e. The van der Waals surface area contributed by atoms with Crippen molar-refractivity contribution in [3.8, 4) is 0 Å². The predicted octanol–water partition coefficient (Wildman–Crippen LogP) is 0.624. The lowest BCUT2D eigenvalue weighted by atomic mass is 9.93. The maximum atomic E-state index is 11.9. The summed E-state index contributed by atoms with van der Waals surface area (Å²) in [4.78, 5) is 14.1. The van der Waals surface area contributed by atoms with Crippen LogP contribution in [0.5, 0.6) is 0 Å². The Labute approximate surface area is 110 Å². The van der Waals surface area contributed by atoms with Gasteiger partial charge in [-0.15, -0.1) is 0 Å². The fraction of sp³-hybridized carbons (Fsp3) is 0.923. The van der Waals surface area contributed by atoms with E-state index in [1.807, 2.05) is 0 Å². The summed E-state index contributed by atoms with van der Waals surface area (Å²) in [7, 11) is 3.08. The second kappa shape index (κ2) is 6.50. The number of methoxy groups -OCH3 is 2. The number of carbonyl (C=O) groups is 1. The lowest BCUT2D eigenvalue weighted by Crippen LogP contribution is -2.59. The first kappa shape index (κ1) is 15.4. The molecule has 0 amide bonds. The van der Waals surface area contributed by atoms with Crippen molar-refractivity contribution in [3.05, 3.63) is 0 Å². The molecular weight excluding hydrogens is 232 g/mol. The van der Waals surface area contributed by atoms with Crippen LogP contribution in [0.3, 0.4) is 0 Å². The van der Waals surface area contributed by atoms with Crippen molar-refractivity contribution in [2.45, 2.75) is 38.3 Å². The van der Waals surface area contributed by atoms with Gasteiger partial charge in [-0.3, -0.25) is 9.69 Å². The summed E-state index contributed by atoms with van der Waals surface area (Å²) >= 11 is 0. The monoisotopic (exact) mass is 258 g/mol. The average molecular weight is 258 g/mol. The minimum Gasteiger partial charge on any atom is -0.468 e. The zero-order chi connectivity index (χ0) is 13.8. The van der Waals surface area contributed by atoms with Crippen molar-refractivity contribution in [3.63, 3.8) is 0 Å². The van der Waals surface area contributed by atoms with E-state index in [1.54, 1.807) is 7.11 Å². The molecule has 1 fully saturated rings. The number of rotatable bonds is 8. The largest absolute Gasteiger partial charge is 0.468 e. The van der Waals surface area contributed by atoms with Gasteiger partial charge in [0.25, 0.3) is 0 Å². The number of hydrogen-bond donors (Lipinski definition) is 1. The van der Waals surface area contributed by atoms with E-state index in [0.717, 1.165) is 19.4 Å². The Hall–Kier alpha value is -0.650. The van der Waals surface area contributed by atoms with Gasteiger partial charge in [-0.2, -0.15) is 0 Å². The van der Waals surface area contributed by atoms with Gasteiger partial charge in [0.15, 0.2) is 0 Å². The number of hydrogen-bond acceptors (Lipinski definition) is 5. The highest BCUT2D eigenvalue weighted by atomic mass is 16.5. The maximum absolute atomic E-state index is 11.9. The van der Waals surface area contributed by atoms with Gasteiger partial charge in [0.1, 0.15) is 5.54 Å². The molecule has 0 bridgehead atoms. The van der Waals surface area contributed by atoms with Crippen LogP contribution < -0.4 is 5.73 Å². The Morgan fingerprint density at radius 3 is 2.44 bits per heavy atom. The van der Waals surface area contributed by atoms with Gasteiger partial charge in [-0.05, 0) is 32.6 Å². The predicted molar refractivity (Wildman–Crippen MR) is 70.2 cm³/mol. The van der Waals surface area contributed by atoms with Gasteiger partial charge in [-0.25, -0.2) is 0 Å². The first-order valence-electron chi connectivity index (χ1n) is 6.56. The normalized spacial score (nSPS) is 19.1. The number of nitrogens with zero attached hydrogens (tertiary/aromatic N) is 1. The third kappa shape index (κ3) is 3.67.